The topological polar surface area (TPSA) is 38.1 Å². The summed E-state index contributed by atoms with van der Waals surface area (Å²) < 4.78 is 0. The Labute approximate surface area is 168 Å². The molecular weight excluding hydrogens is 342 g/mol. The van der Waals surface area contributed by atoms with E-state index in [0.717, 1.165) is 40.0 Å². The van der Waals surface area contributed by atoms with Gasteiger partial charge in [0.05, 0.1) is 5.52 Å². The molecule has 0 amide bonds. The average molecular weight is 372 g/mol. The van der Waals surface area contributed by atoms with Crippen molar-refractivity contribution in [2.24, 2.45) is 10.4 Å². The first-order chi connectivity index (χ1) is 13.3. The lowest BCUT2D eigenvalue weighted by Crippen LogP contribution is -2.35. The molecule has 3 aromatic rings. The number of rotatable bonds is 6. The Balaban J connectivity index is 1.97. The van der Waals surface area contributed by atoms with Crippen LogP contribution in [0.5, 0.6) is 0 Å². The Hall–Kier alpha value is -2.81. The molecule has 28 heavy (non-hydrogen) atoms. The summed E-state index contributed by atoms with van der Waals surface area (Å²) in [7, 11) is 1.87. The summed E-state index contributed by atoms with van der Waals surface area (Å²) in [4.78, 5) is 14.2. The number of hydrogen-bond donors (Lipinski definition) is 0. The van der Waals surface area contributed by atoms with Crippen molar-refractivity contribution in [2.75, 3.05) is 7.05 Å². The normalized spacial score (nSPS) is 13.0. The fourth-order valence-electron chi connectivity index (χ4n) is 4.24. The highest BCUT2D eigenvalue weighted by Crippen LogP contribution is 2.38. The van der Waals surface area contributed by atoms with Crippen molar-refractivity contribution in [1.29, 1.82) is 0 Å². The van der Waals surface area contributed by atoms with Gasteiger partial charge in [-0.15, -0.1) is 0 Å². The summed E-state index contributed by atoms with van der Waals surface area (Å²) in [6.45, 7) is 12.9. The molecule has 0 unspecified atom stereocenters. The molecule has 3 heteroatoms. The fraction of sp³-hybridized carbons (Fsp3) is 0.320. The third-order valence-electron chi connectivity index (χ3n) is 5.28. The molecule has 0 saturated carbocycles. The Kier molecular flexibility index (Phi) is 5.46. The predicted molar refractivity (Wildman–Crippen MR) is 120 cm³/mol. The van der Waals surface area contributed by atoms with E-state index in [2.05, 4.69) is 57.5 Å². The Bertz CT molecular complexity index is 1030. The lowest BCUT2D eigenvalue weighted by Gasteiger charge is -2.35. The molecule has 0 bridgehead atoms. The van der Waals surface area contributed by atoms with Gasteiger partial charge in [0.25, 0.3) is 0 Å². The number of benzene rings is 2. The van der Waals surface area contributed by atoms with E-state index in [1.165, 1.54) is 0 Å². The van der Waals surface area contributed by atoms with Crippen LogP contribution < -0.4 is 0 Å². The second-order valence-electron chi connectivity index (χ2n) is 8.56. The second-order valence-corrected chi connectivity index (χ2v) is 8.56. The van der Waals surface area contributed by atoms with Crippen molar-refractivity contribution in [3.05, 3.63) is 78.3 Å². The summed E-state index contributed by atoms with van der Waals surface area (Å²) in [5, 5.41) is 1.07. The maximum atomic E-state index is 4.86. The Morgan fingerprint density at radius 1 is 1.04 bits per heavy atom. The molecule has 0 aliphatic heterocycles. The zero-order valence-electron chi connectivity index (χ0n) is 17.5. The number of fused-ring (bicyclic) bond motifs is 1. The van der Waals surface area contributed by atoms with E-state index in [4.69, 9.17) is 9.98 Å². The molecule has 0 fully saturated rings. The van der Waals surface area contributed by atoms with Crippen LogP contribution in [0.25, 0.3) is 17.0 Å². The molecule has 2 aromatic carbocycles. The van der Waals surface area contributed by atoms with E-state index < -0.39 is 0 Å². The maximum absolute atomic E-state index is 4.86. The van der Waals surface area contributed by atoms with Gasteiger partial charge >= 0.3 is 0 Å². The molecule has 3 rings (SSSR count). The second kappa shape index (κ2) is 7.67. The molecule has 1 aromatic heterocycles. The molecule has 0 aliphatic carbocycles. The van der Waals surface area contributed by atoms with Crippen LogP contribution in [-0.4, -0.2) is 22.7 Å². The molecule has 0 spiro atoms. The molecule has 1 heterocycles. The summed E-state index contributed by atoms with van der Waals surface area (Å²) in [5.41, 5.74) is 3.95. The maximum Gasteiger partial charge on any atom is 0.134 e. The standard InChI is InChI=1S/C25H29N3/c1-7-18-12-8-10-14-20(18)22(26-6)24(2,3)17-25(4,5)23-27-16-19-13-9-11-15-21(19)28-23/h7-16H,1,17H2,2-6H3. The molecule has 0 atom stereocenters. The van der Waals surface area contributed by atoms with Gasteiger partial charge in [-0.2, -0.15) is 0 Å². The van der Waals surface area contributed by atoms with Gasteiger partial charge in [0.1, 0.15) is 5.82 Å². The molecule has 144 valence electrons. The average Bonchev–Trinajstić information content (AvgIpc) is 2.67. The summed E-state index contributed by atoms with van der Waals surface area (Å²) in [5.74, 6) is 0.867. The summed E-state index contributed by atoms with van der Waals surface area (Å²) in [6.07, 6.45) is 4.69. The molecule has 0 aliphatic rings. The van der Waals surface area contributed by atoms with Gasteiger partial charge in [-0.3, -0.25) is 4.99 Å². The van der Waals surface area contributed by atoms with Crippen molar-refractivity contribution in [1.82, 2.24) is 9.97 Å². The molecular formula is C25H29N3. The first-order valence-electron chi connectivity index (χ1n) is 9.70. The van der Waals surface area contributed by atoms with Crippen LogP contribution in [0.1, 0.15) is 51.1 Å². The first kappa shape index (κ1) is 19.9. The number of hydrogen-bond acceptors (Lipinski definition) is 3. The van der Waals surface area contributed by atoms with Gasteiger partial charge in [0.15, 0.2) is 0 Å². The van der Waals surface area contributed by atoms with Crippen LogP contribution in [0.15, 0.2) is 66.3 Å². The van der Waals surface area contributed by atoms with E-state index in [1.807, 2.05) is 49.7 Å². The third kappa shape index (κ3) is 3.89. The minimum absolute atomic E-state index is 0.160. The molecule has 0 N–H and O–H groups in total. The molecule has 0 radical (unpaired) electrons. The highest BCUT2D eigenvalue weighted by molar-refractivity contribution is 6.06. The van der Waals surface area contributed by atoms with E-state index in [1.54, 1.807) is 0 Å². The van der Waals surface area contributed by atoms with Gasteiger partial charge in [-0.1, -0.05) is 82.8 Å². The summed E-state index contributed by atoms with van der Waals surface area (Å²) in [6, 6.07) is 16.4. The largest absolute Gasteiger partial charge is 0.292 e. The van der Waals surface area contributed by atoms with Gasteiger partial charge in [-0.25, -0.2) is 9.97 Å². The van der Waals surface area contributed by atoms with Crippen molar-refractivity contribution in [3.63, 3.8) is 0 Å². The fourth-order valence-corrected chi connectivity index (χ4v) is 4.24. The van der Waals surface area contributed by atoms with Crippen LogP contribution in [0.2, 0.25) is 0 Å². The number of aromatic nitrogens is 2. The first-order valence-corrected chi connectivity index (χ1v) is 9.70. The van der Waals surface area contributed by atoms with E-state index in [0.29, 0.717) is 0 Å². The highest BCUT2D eigenvalue weighted by Gasteiger charge is 2.36. The Morgan fingerprint density at radius 3 is 2.43 bits per heavy atom. The van der Waals surface area contributed by atoms with Gasteiger partial charge < -0.3 is 0 Å². The Morgan fingerprint density at radius 2 is 1.71 bits per heavy atom. The van der Waals surface area contributed by atoms with E-state index in [9.17, 15) is 0 Å². The quantitative estimate of drug-likeness (QED) is 0.492. The molecule has 3 nitrogen and oxygen atoms in total. The number of nitrogens with zero attached hydrogens (tertiary/aromatic N) is 3. The smallest absolute Gasteiger partial charge is 0.134 e. The monoisotopic (exact) mass is 371 g/mol. The van der Waals surface area contributed by atoms with Crippen molar-refractivity contribution in [3.8, 4) is 0 Å². The van der Waals surface area contributed by atoms with Gasteiger partial charge in [-0.05, 0) is 18.1 Å². The zero-order valence-corrected chi connectivity index (χ0v) is 17.5. The third-order valence-corrected chi connectivity index (χ3v) is 5.28. The lowest BCUT2D eigenvalue weighted by atomic mass is 9.70. The highest BCUT2D eigenvalue weighted by atomic mass is 14.9. The van der Waals surface area contributed by atoms with E-state index in [-0.39, 0.29) is 10.8 Å². The lowest BCUT2D eigenvalue weighted by molar-refractivity contribution is 0.330. The van der Waals surface area contributed by atoms with Crippen LogP contribution in [-0.2, 0) is 5.41 Å². The van der Waals surface area contributed by atoms with Crippen molar-refractivity contribution in [2.45, 2.75) is 39.5 Å². The van der Waals surface area contributed by atoms with Crippen LogP contribution in [0.4, 0.5) is 0 Å². The minimum Gasteiger partial charge on any atom is -0.292 e. The van der Waals surface area contributed by atoms with Crippen molar-refractivity contribution >= 4 is 22.7 Å². The van der Waals surface area contributed by atoms with Gasteiger partial charge in [0, 0.05) is 40.7 Å². The zero-order chi connectivity index (χ0) is 20.4. The van der Waals surface area contributed by atoms with Crippen molar-refractivity contribution < 1.29 is 0 Å². The minimum atomic E-state index is -0.202. The van der Waals surface area contributed by atoms with Gasteiger partial charge in [0.2, 0.25) is 0 Å². The SMILES string of the molecule is C=Cc1ccccc1C(=NC)C(C)(C)CC(C)(C)c1ncc2ccccc2n1. The predicted octanol–water partition coefficient (Wildman–Crippen LogP) is 6.09. The van der Waals surface area contributed by atoms with E-state index >= 15 is 0 Å². The summed E-state index contributed by atoms with van der Waals surface area (Å²) >= 11 is 0. The van der Waals surface area contributed by atoms with Crippen LogP contribution >= 0.6 is 0 Å². The van der Waals surface area contributed by atoms with Crippen LogP contribution in [0, 0.1) is 5.41 Å². The van der Waals surface area contributed by atoms with Crippen LogP contribution in [0.3, 0.4) is 0 Å². The molecule has 0 saturated heterocycles. The number of aliphatic imine (C=N–C) groups is 1. The number of para-hydroxylation sites is 1.